The summed E-state index contributed by atoms with van der Waals surface area (Å²) in [5.74, 6) is 2.82. The highest BCUT2D eigenvalue weighted by Crippen LogP contribution is 2.48. The lowest BCUT2D eigenvalue weighted by Gasteiger charge is -2.13. The molecule has 2 aliphatic rings. The van der Waals surface area contributed by atoms with Crippen LogP contribution in [0.5, 0.6) is 17.2 Å². The van der Waals surface area contributed by atoms with Crippen LogP contribution in [-0.2, 0) is 6.42 Å². The average Bonchev–Trinajstić information content (AvgIpc) is 3.25. The summed E-state index contributed by atoms with van der Waals surface area (Å²) in [5, 5.41) is 0. The zero-order valence-corrected chi connectivity index (χ0v) is 14.7. The van der Waals surface area contributed by atoms with Crippen LogP contribution in [0.1, 0.15) is 24.1 Å². The number of hydrogen-bond donors (Lipinski definition) is 1. The van der Waals surface area contributed by atoms with E-state index in [4.69, 9.17) is 14.2 Å². The largest absolute Gasteiger partial charge is 0.492 e. The van der Waals surface area contributed by atoms with Gasteiger partial charge in [0.05, 0.1) is 23.2 Å². The van der Waals surface area contributed by atoms with Crippen LogP contribution in [0.4, 0.5) is 0 Å². The number of fused-ring (bicyclic) bond motifs is 2. The quantitative estimate of drug-likeness (QED) is 0.757. The molecule has 0 spiro atoms. The van der Waals surface area contributed by atoms with Crippen LogP contribution in [0.25, 0.3) is 22.3 Å². The Bertz CT molecular complexity index is 992. The maximum atomic E-state index is 6.13. The molecule has 6 heteroatoms. The van der Waals surface area contributed by atoms with Crippen molar-refractivity contribution < 1.29 is 14.2 Å². The summed E-state index contributed by atoms with van der Waals surface area (Å²) in [4.78, 5) is 12.5. The fraction of sp³-hybridized carbons (Fsp3) is 0.350. The Morgan fingerprint density at radius 2 is 2.15 bits per heavy atom. The van der Waals surface area contributed by atoms with E-state index in [1.54, 1.807) is 6.33 Å². The molecule has 6 nitrogen and oxygen atoms in total. The van der Waals surface area contributed by atoms with Crippen LogP contribution in [-0.4, -0.2) is 28.4 Å². The normalized spacial score (nSPS) is 15.6. The number of nitrogens with one attached hydrogen (secondary N) is 1. The molecule has 0 amide bonds. The molecule has 26 heavy (non-hydrogen) atoms. The lowest BCUT2D eigenvalue weighted by molar-refractivity contribution is 0.174. The standard InChI is InChI=1S/C20H20N3O3/c1-3-13-11(2)23-19-17(13)21-9-22-18(19)16-14(24-8-12-4-5-12)6-7-15-20(16)26-10-25-15/h6-7,9,12,23H,1,3-5,8,10H2,2H3. The van der Waals surface area contributed by atoms with Crippen molar-refractivity contribution in [2.24, 2.45) is 5.92 Å². The molecule has 0 atom stereocenters. The van der Waals surface area contributed by atoms with Crippen LogP contribution in [0, 0.1) is 19.8 Å². The molecule has 133 valence electrons. The molecule has 1 fully saturated rings. The number of hydrogen-bond acceptors (Lipinski definition) is 5. The second kappa shape index (κ2) is 5.90. The minimum atomic E-state index is 0.205. The number of aryl methyl sites for hydroxylation is 1. The van der Waals surface area contributed by atoms with E-state index >= 15 is 0 Å². The smallest absolute Gasteiger partial charge is 0.231 e. The van der Waals surface area contributed by atoms with Gasteiger partial charge in [0.1, 0.15) is 17.8 Å². The monoisotopic (exact) mass is 350 g/mol. The molecule has 0 unspecified atom stereocenters. The van der Waals surface area contributed by atoms with Crippen molar-refractivity contribution in [3.8, 4) is 28.5 Å². The summed E-state index contributed by atoms with van der Waals surface area (Å²) in [7, 11) is 0. The Balaban J connectivity index is 1.71. The highest BCUT2D eigenvalue weighted by atomic mass is 16.7. The summed E-state index contributed by atoms with van der Waals surface area (Å²) in [6, 6.07) is 3.84. The van der Waals surface area contributed by atoms with E-state index in [2.05, 4.69) is 21.9 Å². The molecule has 3 aromatic rings. The molecule has 1 saturated carbocycles. The van der Waals surface area contributed by atoms with Crippen LogP contribution >= 0.6 is 0 Å². The Hall–Kier alpha value is -2.76. The fourth-order valence-corrected chi connectivity index (χ4v) is 3.46. The summed E-state index contributed by atoms with van der Waals surface area (Å²) < 4.78 is 17.5. The molecule has 5 rings (SSSR count). The van der Waals surface area contributed by atoms with Crippen molar-refractivity contribution >= 4 is 11.0 Å². The van der Waals surface area contributed by atoms with Gasteiger partial charge in [-0.2, -0.15) is 0 Å². The highest BCUT2D eigenvalue weighted by Gasteiger charge is 2.28. The lowest BCUT2D eigenvalue weighted by Crippen LogP contribution is -2.02. The van der Waals surface area contributed by atoms with Gasteiger partial charge in [-0.1, -0.05) is 0 Å². The highest BCUT2D eigenvalue weighted by molar-refractivity contribution is 5.96. The molecule has 1 radical (unpaired) electrons. The zero-order valence-electron chi connectivity index (χ0n) is 14.7. The van der Waals surface area contributed by atoms with Crippen molar-refractivity contribution in [2.75, 3.05) is 13.4 Å². The van der Waals surface area contributed by atoms with Gasteiger partial charge in [0.25, 0.3) is 0 Å². The maximum absolute atomic E-state index is 6.13. The van der Waals surface area contributed by atoms with Gasteiger partial charge < -0.3 is 19.2 Å². The van der Waals surface area contributed by atoms with Crippen molar-refractivity contribution in [3.05, 3.63) is 36.6 Å². The maximum Gasteiger partial charge on any atom is 0.231 e. The summed E-state index contributed by atoms with van der Waals surface area (Å²) in [6.07, 6.45) is 4.73. The van der Waals surface area contributed by atoms with Crippen molar-refractivity contribution in [3.63, 3.8) is 0 Å². The summed E-state index contributed by atoms with van der Waals surface area (Å²) in [5.41, 5.74) is 5.53. The lowest BCUT2D eigenvalue weighted by atomic mass is 10.1. The summed E-state index contributed by atoms with van der Waals surface area (Å²) >= 11 is 0. The predicted octanol–water partition coefficient (Wildman–Crippen LogP) is 3.83. The van der Waals surface area contributed by atoms with E-state index in [0.717, 1.165) is 45.9 Å². The Labute approximate surface area is 151 Å². The van der Waals surface area contributed by atoms with Crippen LogP contribution < -0.4 is 14.2 Å². The first-order chi connectivity index (χ1) is 12.8. The average molecular weight is 350 g/mol. The number of H-pyrrole nitrogens is 1. The molecule has 1 aliphatic heterocycles. The molecule has 3 heterocycles. The Morgan fingerprint density at radius 1 is 1.27 bits per heavy atom. The van der Waals surface area contributed by atoms with Crippen molar-refractivity contribution in [1.29, 1.82) is 0 Å². The third-order valence-electron chi connectivity index (χ3n) is 5.06. The van der Waals surface area contributed by atoms with Crippen LogP contribution in [0.3, 0.4) is 0 Å². The third-order valence-corrected chi connectivity index (χ3v) is 5.06. The minimum absolute atomic E-state index is 0.205. The van der Waals surface area contributed by atoms with Crippen LogP contribution in [0.15, 0.2) is 18.5 Å². The van der Waals surface area contributed by atoms with Gasteiger partial charge in [-0.15, -0.1) is 0 Å². The Kier molecular flexibility index (Phi) is 3.51. The number of benzene rings is 1. The zero-order chi connectivity index (χ0) is 17.7. The van der Waals surface area contributed by atoms with E-state index < -0.39 is 0 Å². The van der Waals surface area contributed by atoms with E-state index in [1.165, 1.54) is 12.8 Å². The molecule has 1 N–H and O–H groups in total. The Morgan fingerprint density at radius 3 is 2.96 bits per heavy atom. The predicted molar refractivity (Wildman–Crippen MR) is 97.5 cm³/mol. The molecule has 0 saturated heterocycles. The third kappa shape index (κ3) is 2.40. The number of rotatable bonds is 5. The van der Waals surface area contributed by atoms with Gasteiger partial charge in [0.2, 0.25) is 6.79 Å². The number of aromatic amines is 1. The first-order valence-corrected chi connectivity index (χ1v) is 8.93. The van der Waals surface area contributed by atoms with E-state index in [9.17, 15) is 0 Å². The van der Waals surface area contributed by atoms with E-state index in [-0.39, 0.29) is 6.79 Å². The first-order valence-electron chi connectivity index (χ1n) is 8.93. The van der Waals surface area contributed by atoms with Gasteiger partial charge in [-0.3, -0.25) is 0 Å². The van der Waals surface area contributed by atoms with Gasteiger partial charge >= 0.3 is 0 Å². The van der Waals surface area contributed by atoms with Gasteiger partial charge in [-0.25, -0.2) is 9.97 Å². The molecular weight excluding hydrogens is 330 g/mol. The van der Waals surface area contributed by atoms with Gasteiger partial charge in [0.15, 0.2) is 11.5 Å². The fourth-order valence-electron chi connectivity index (χ4n) is 3.46. The topological polar surface area (TPSA) is 69.3 Å². The van der Waals surface area contributed by atoms with E-state index in [0.29, 0.717) is 23.8 Å². The molecular formula is C20H20N3O3. The number of ether oxygens (including phenoxy) is 3. The molecule has 1 aliphatic carbocycles. The molecule has 0 bridgehead atoms. The van der Waals surface area contributed by atoms with Gasteiger partial charge in [-0.05, 0) is 56.7 Å². The molecule has 2 aromatic heterocycles. The van der Waals surface area contributed by atoms with Crippen molar-refractivity contribution in [2.45, 2.75) is 26.2 Å². The van der Waals surface area contributed by atoms with Crippen molar-refractivity contribution in [1.82, 2.24) is 15.0 Å². The second-order valence-electron chi connectivity index (χ2n) is 6.85. The van der Waals surface area contributed by atoms with E-state index in [1.807, 2.05) is 19.1 Å². The van der Waals surface area contributed by atoms with Crippen LogP contribution in [0.2, 0.25) is 0 Å². The van der Waals surface area contributed by atoms with Gasteiger partial charge in [0, 0.05) is 5.69 Å². The first kappa shape index (κ1) is 15.5. The number of nitrogens with zero attached hydrogens (tertiary/aromatic N) is 2. The second-order valence-corrected chi connectivity index (χ2v) is 6.85. The SMILES string of the molecule is [CH2]Cc1c(C)[nH]c2c(-c3c(OCC4CC4)ccc4c3OCO4)ncnc12. The number of aromatic nitrogens is 3. The minimum Gasteiger partial charge on any atom is -0.492 e. The molecule has 1 aromatic carbocycles. The summed E-state index contributed by atoms with van der Waals surface area (Å²) in [6.45, 7) is 6.98.